The van der Waals surface area contributed by atoms with Gasteiger partial charge in [0.15, 0.2) is 0 Å². The molecule has 0 amide bonds. The van der Waals surface area contributed by atoms with Crippen LogP contribution >= 0.6 is 0 Å². The van der Waals surface area contributed by atoms with Crippen LogP contribution in [-0.2, 0) is 14.3 Å². The van der Waals surface area contributed by atoms with Crippen LogP contribution in [0, 0.1) is 5.92 Å². The molecule has 9 nitrogen and oxygen atoms in total. The maximum Gasteiger partial charge on any atom is 0.293 e. The minimum absolute atomic E-state index is 0.166. The monoisotopic (exact) mass is 864 g/mol. The molecule has 2 N–H and O–H groups in total. The Labute approximate surface area is 377 Å². The molecule has 0 heterocycles. The number of carbonyl (C=O) groups is 2. The molecule has 0 aliphatic carbocycles. The Hall–Kier alpha value is -2.42. The molecule has 360 valence electrons. The second kappa shape index (κ2) is 47.1. The summed E-state index contributed by atoms with van der Waals surface area (Å²) in [5.74, 6) is 0.933. The van der Waals surface area contributed by atoms with Gasteiger partial charge in [-0.3, -0.25) is 19.2 Å². The third kappa shape index (κ3) is 36.7. The molecule has 0 radical (unpaired) electrons. The lowest BCUT2D eigenvalue weighted by atomic mass is 9.89. The fraction of sp³-hybridized carbons (Fsp3) is 0.885. The van der Waals surface area contributed by atoms with Crippen molar-refractivity contribution in [1.29, 1.82) is 0 Å². The molecule has 9 heteroatoms. The Morgan fingerprint density at radius 1 is 0.508 bits per heavy atom. The highest BCUT2D eigenvalue weighted by Crippen LogP contribution is 2.26. The number of ether oxygens (including phenoxy) is 1. The van der Waals surface area contributed by atoms with Crippen LogP contribution in [0.15, 0.2) is 9.59 Å². The zero-order valence-electron chi connectivity index (χ0n) is 41.4. The van der Waals surface area contributed by atoms with Crippen LogP contribution in [0.4, 0.5) is 11.4 Å². The van der Waals surface area contributed by atoms with E-state index in [0.29, 0.717) is 24.4 Å². The topological polar surface area (TPSA) is 116 Å². The molecular weight excluding hydrogens is 763 g/mol. The second-order valence-corrected chi connectivity index (χ2v) is 18.0. The summed E-state index contributed by atoms with van der Waals surface area (Å²) in [4.78, 5) is 48.0. The summed E-state index contributed by atoms with van der Waals surface area (Å²) in [5.41, 5.74) is 0.623. The van der Waals surface area contributed by atoms with Gasteiger partial charge in [-0.2, -0.15) is 0 Å². The van der Waals surface area contributed by atoms with Gasteiger partial charge in [0.05, 0.1) is 0 Å². The molecular formula is C52H101N3O6. The number of unbranched alkanes of at least 4 members (excludes halogenated alkanes) is 22. The quantitative estimate of drug-likeness (QED) is 0.0376. The van der Waals surface area contributed by atoms with E-state index in [1.54, 1.807) is 0 Å². The minimum atomic E-state index is -0.326. The van der Waals surface area contributed by atoms with Gasteiger partial charge >= 0.3 is 0 Å². The molecule has 1 unspecified atom stereocenters. The average Bonchev–Trinajstić information content (AvgIpc) is 3.25. The van der Waals surface area contributed by atoms with Gasteiger partial charge < -0.3 is 25.0 Å². The van der Waals surface area contributed by atoms with Crippen LogP contribution in [0.3, 0.4) is 0 Å². The van der Waals surface area contributed by atoms with Crippen molar-refractivity contribution in [2.75, 3.05) is 50.5 Å². The number of nitrogens with one attached hydrogen (secondary N) is 1. The first kappa shape index (κ1) is 60.7. The lowest BCUT2D eigenvalue weighted by molar-refractivity contribution is -0.134. The smallest absolute Gasteiger partial charge is 0.293 e. The van der Waals surface area contributed by atoms with E-state index < -0.39 is 0 Å². The average molecular weight is 864 g/mol. The van der Waals surface area contributed by atoms with Crippen LogP contribution in [0.5, 0.6) is 0 Å². The van der Waals surface area contributed by atoms with Crippen LogP contribution in [-0.4, -0.2) is 69.3 Å². The SMILES string of the molecule is CCCCCCC(CCC)OC=O.CCCCCCCCC(CCCCCCCC)CCCCCCCN(CCCCCCCC)c1c(NCCN(C)C)c(=O)c1=O.O=CO. The summed E-state index contributed by atoms with van der Waals surface area (Å²) in [6.45, 7) is 14.8. The molecule has 61 heavy (non-hydrogen) atoms. The van der Waals surface area contributed by atoms with E-state index in [-0.39, 0.29) is 23.4 Å². The molecule has 1 aromatic carbocycles. The molecule has 0 fully saturated rings. The summed E-state index contributed by atoms with van der Waals surface area (Å²) in [6, 6.07) is 0. The molecule has 1 rings (SSSR count). The first-order valence-electron chi connectivity index (χ1n) is 25.9. The van der Waals surface area contributed by atoms with E-state index in [2.05, 4.69) is 49.7 Å². The summed E-state index contributed by atoms with van der Waals surface area (Å²) < 4.78 is 4.98. The van der Waals surface area contributed by atoms with Gasteiger partial charge in [-0.15, -0.1) is 0 Å². The van der Waals surface area contributed by atoms with E-state index in [9.17, 15) is 14.4 Å². The van der Waals surface area contributed by atoms with Crippen LogP contribution in [0.2, 0.25) is 0 Å². The first-order chi connectivity index (χ1) is 29.7. The van der Waals surface area contributed by atoms with Crippen LogP contribution in [0.1, 0.15) is 247 Å². The maximum absolute atomic E-state index is 12.7. The van der Waals surface area contributed by atoms with Gasteiger partial charge in [-0.25, -0.2) is 0 Å². The lowest BCUT2D eigenvalue weighted by Gasteiger charge is -2.28. The Balaban J connectivity index is 0. The zero-order valence-corrected chi connectivity index (χ0v) is 41.4. The van der Waals surface area contributed by atoms with Gasteiger partial charge in [0.25, 0.3) is 23.8 Å². The molecule has 0 spiro atoms. The highest BCUT2D eigenvalue weighted by molar-refractivity contribution is 5.75. The van der Waals surface area contributed by atoms with Gasteiger partial charge in [0.2, 0.25) is 0 Å². The van der Waals surface area contributed by atoms with E-state index in [1.807, 2.05) is 14.1 Å². The molecule has 0 saturated carbocycles. The molecule has 0 aliphatic rings. The molecule has 0 bridgehead atoms. The Bertz CT molecular complexity index is 1120. The zero-order chi connectivity index (χ0) is 45.6. The summed E-state index contributed by atoms with van der Waals surface area (Å²) >= 11 is 0. The van der Waals surface area contributed by atoms with Crippen molar-refractivity contribution in [3.8, 4) is 0 Å². The van der Waals surface area contributed by atoms with E-state index in [1.165, 1.54) is 180 Å². The molecule has 1 atom stereocenters. The first-order valence-corrected chi connectivity index (χ1v) is 25.9. The summed E-state index contributed by atoms with van der Waals surface area (Å²) in [5, 5.41) is 10.2. The second-order valence-electron chi connectivity index (χ2n) is 18.0. The van der Waals surface area contributed by atoms with Crippen LogP contribution in [0.25, 0.3) is 0 Å². The molecule has 0 aliphatic heterocycles. The lowest BCUT2D eigenvalue weighted by Crippen LogP contribution is -2.44. The molecule has 0 aromatic heterocycles. The number of rotatable bonds is 43. The number of carboxylic acid groups (broad SMARTS) is 1. The normalized spacial score (nSPS) is 11.6. The predicted octanol–water partition coefficient (Wildman–Crippen LogP) is 13.9. The van der Waals surface area contributed by atoms with Crippen molar-refractivity contribution < 1.29 is 19.4 Å². The third-order valence-corrected chi connectivity index (χ3v) is 12.1. The van der Waals surface area contributed by atoms with E-state index >= 15 is 0 Å². The third-order valence-electron chi connectivity index (χ3n) is 12.1. The molecule has 1 aromatic rings. The van der Waals surface area contributed by atoms with Gasteiger partial charge in [0, 0.05) is 26.2 Å². The Kier molecular flexibility index (Phi) is 46.8. The predicted molar refractivity (Wildman–Crippen MR) is 264 cm³/mol. The molecule has 0 saturated heterocycles. The van der Waals surface area contributed by atoms with Crippen molar-refractivity contribution in [2.24, 2.45) is 5.92 Å². The van der Waals surface area contributed by atoms with E-state index in [4.69, 9.17) is 14.6 Å². The number of likely N-dealkylation sites (N-methyl/N-ethyl adjacent to an activating group) is 1. The summed E-state index contributed by atoms with van der Waals surface area (Å²) in [7, 11) is 4.06. The van der Waals surface area contributed by atoms with Crippen molar-refractivity contribution in [3.05, 3.63) is 20.4 Å². The number of anilines is 2. The fourth-order valence-electron chi connectivity index (χ4n) is 8.27. The maximum atomic E-state index is 12.7. The fourth-order valence-corrected chi connectivity index (χ4v) is 8.27. The van der Waals surface area contributed by atoms with E-state index in [0.717, 1.165) is 57.7 Å². The number of hydrogen-bond acceptors (Lipinski definition) is 8. The van der Waals surface area contributed by atoms with Crippen molar-refractivity contribution in [1.82, 2.24) is 4.90 Å². The highest BCUT2D eigenvalue weighted by atomic mass is 16.5. The van der Waals surface area contributed by atoms with Crippen molar-refractivity contribution >= 4 is 24.3 Å². The summed E-state index contributed by atoms with van der Waals surface area (Å²) in [6.07, 6.45) is 43.2. The van der Waals surface area contributed by atoms with Crippen molar-refractivity contribution in [2.45, 2.75) is 253 Å². The van der Waals surface area contributed by atoms with Crippen molar-refractivity contribution in [3.63, 3.8) is 0 Å². The standard InChI is InChI=1S/C40H77N3O2.C11H22O2.CH2O2/c1-6-9-12-15-19-24-29-36(30-25-20-16-13-10-7-2)31-26-21-18-23-28-34-43(33-27-22-17-14-11-8-3)38-37(39(44)40(38)45)41-32-35-42(4)5;1-3-5-6-7-9-11(8-4-2)13-10-12;2-1-3/h36,41H,6-35H2,1-5H3;10-11H,3-9H2,1-2H3;1H,(H,2,3). The largest absolute Gasteiger partial charge is 0.483 e. The number of nitrogens with zero attached hydrogens (tertiary/aromatic N) is 2. The Morgan fingerprint density at radius 2 is 0.885 bits per heavy atom. The van der Waals surface area contributed by atoms with Gasteiger partial charge in [-0.05, 0) is 52.1 Å². The Morgan fingerprint density at radius 3 is 1.28 bits per heavy atom. The highest BCUT2D eigenvalue weighted by Gasteiger charge is 2.25. The van der Waals surface area contributed by atoms with Gasteiger partial charge in [0.1, 0.15) is 17.5 Å². The van der Waals surface area contributed by atoms with Gasteiger partial charge in [-0.1, -0.05) is 214 Å². The van der Waals surface area contributed by atoms with Crippen LogP contribution < -0.4 is 21.1 Å². The number of carbonyl (C=O) groups excluding carboxylic acids is 1. The number of hydrogen-bond donors (Lipinski definition) is 2. The minimum Gasteiger partial charge on any atom is -0.483 e.